The number of rotatable bonds is 7. The molecule has 2 N–H and O–H groups in total. The van der Waals surface area contributed by atoms with Crippen LogP contribution in [0.15, 0.2) is 53.9 Å². The van der Waals surface area contributed by atoms with E-state index in [-0.39, 0.29) is 6.61 Å². The van der Waals surface area contributed by atoms with E-state index in [4.69, 9.17) is 10.5 Å². The van der Waals surface area contributed by atoms with Crippen molar-refractivity contribution in [2.45, 2.75) is 24.8 Å². The minimum atomic E-state index is -0.482. The van der Waals surface area contributed by atoms with Crippen LogP contribution in [-0.2, 0) is 10.5 Å². The molecular formula is C23H20N6O2S2. The largest absolute Gasteiger partial charge is 0.462 e. The van der Waals surface area contributed by atoms with E-state index in [1.165, 1.54) is 11.8 Å². The van der Waals surface area contributed by atoms with Gasteiger partial charge in [-0.05, 0) is 37.6 Å². The quantitative estimate of drug-likeness (QED) is 0.303. The van der Waals surface area contributed by atoms with Crippen LogP contribution in [0.5, 0.6) is 0 Å². The summed E-state index contributed by atoms with van der Waals surface area (Å²) in [7, 11) is 0. The molecule has 0 saturated carbocycles. The summed E-state index contributed by atoms with van der Waals surface area (Å²) in [5.41, 5.74) is 9.73. The lowest BCUT2D eigenvalue weighted by atomic mass is 10.2. The molecule has 4 aromatic rings. The number of pyridine rings is 1. The van der Waals surface area contributed by atoms with Gasteiger partial charge in [-0.2, -0.15) is 5.26 Å². The number of hydrogen-bond acceptors (Lipinski definition) is 9. The molecule has 33 heavy (non-hydrogen) atoms. The Kier molecular flexibility index (Phi) is 6.72. The third kappa shape index (κ3) is 4.46. The zero-order valence-electron chi connectivity index (χ0n) is 18.0. The van der Waals surface area contributed by atoms with Crippen molar-refractivity contribution in [1.29, 1.82) is 5.26 Å². The summed E-state index contributed by atoms with van der Waals surface area (Å²) in [5.74, 6) is 0.500. The molecule has 0 fully saturated rings. The molecule has 0 amide bonds. The average Bonchev–Trinajstić information content (AvgIpc) is 3.39. The Hall–Kier alpha value is -3.68. The number of para-hydroxylation sites is 1. The number of carbonyl (C=O) groups excluding carboxylic acids is 1. The molecule has 4 rings (SSSR count). The molecule has 0 unspecified atom stereocenters. The predicted molar refractivity (Wildman–Crippen MR) is 128 cm³/mol. The van der Waals surface area contributed by atoms with Gasteiger partial charge in [-0.1, -0.05) is 30.0 Å². The number of nitrogen functional groups attached to an aromatic ring is 1. The van der Waals surface area contributed by atoms with Gasteiger partial charge in [0.1, 0.15) is 15.9 Å². The van der Waals surface area contributed by atoms with Gasteiger partial charge in [0.15, 0.2) is 11.0 Å². The number of esters is 1. The van der Waals surface area contributed by atoms with Gasteiger partial charge in [0.05, 0.1) is 17.9 Å². The molecule has 0 saturated heterocycles. The molecule has 0 aliphatic carbocycles. The number of carbonyl (C=O) groups is 1. The standard InChI is InChI=1S/C23H20N6O2S2/c1-3-31-22(30)19-17(16(12-24)20(25)33-19)13-32-23-28-27-21(15-8-10-26-11-9-15)29(23)18-7-5-4-6-14(18)2/h4-11H,3,13,25H2,1-2H3. The van der Waals surface area contributed by atoms with E-state index in [0.717, 1.165) is 28.2 Å². The Morgan fingerprint density at radius 1 is 1.24 bits per heavy atom. The third-order valence-corrected chi connectivity index (χ3v) is 6.88. The molecule has 0 radical (unpaired) electrons. The highest BCUT2D eigenvalue weighted by Gasteiger charge is 2.24. The molecule has 0 aliphatic heterocycles. The Morgan fingerprint density at radius 2 is 2.00 bits per heavy atom. The number of aryl methyl sites for hydroxylation is 1. The third-order valence-electron chi connectivity index (χ3n) is 4.88. The number of anilines is 1. The number of hydrogen-bond donors (Lipinski definition) is 1. The number of thioether (sulfide) groups is 1. The summed E-state index contributed by atoms with van der Waals surface area (Å²) < 4.78 is 7.14. The number of benzene rings is 1. The van der Waals surface area contributed by atoms with Gasteiger partial charge in [-0.15, -0.1) is 21.5 Å². The predicted octanol–water partition coefficient (Wildman–Crippen LogP) is 4.62. The summed E-state index contributed by atoms with van der Waals surface area (Å²) in [6.45, 7) is 3.99. The van der Waals surface area contributed by atoms with E-state index in [2.05, 4.69) is 21.3 Å². The van der Waals surface area contributed by atoms with Crippen LogP contribution in [0, 0.1) is 18.3 Å². The molecule has 166 valence electrons. The first-order valence-corrected chi connectivity index (χ1v) is 11.9. The monoisotopic (exact) mass is 476 g/mol. The van der Waals surface area contributed by atoms with Gasteiger partial charge in [-0.3, -0.25) is 9.55 Å². The SMILES string of the molecule is CCOC(=O)c1sc(N)c(C#N)c1CSc1nnc(-c2ccncc2)n1-c1ccccc1C. The first-order chi connectivity index (χ1) is 16.0. The summed E-state index contributed by atoms with van der Waals surface area (Å²) in [5, 5.41) is 19.4. The highest BCUT2D eigenvalue weighted by molar-refractivity contribution is 7.98. The van der Waals surface area contributed by atoms with Crippen LogP contribution >= 0.6 is 23.1 Å². The van der Waals surface area contributed by atoms with Crippen molar-refractivity contribution in [2.75, 3.05) is 12.3 Å². The molecule has 3 heterocycles. The van der Waals surface area contributed by atoms with Gasteiger partial charge in [0, 0.05) is 29.3 Å². The molecule has 1 aromatic carbocycles. The smallest absolute Gasteiger partial charge is 0.348 e. The fourth-order valence-electron chi connectivity index (χ4n) is 3.33. The van der Waals surface area contributed by atoms with Crippen LogP contribution < -0.4 is 5.73 Å². The summed E-state index contributed by atoms with van der Waals surface area (Å²) >= 11 is 2.45. The van der Waals surface area contributed by atoms with E-state index in [0.29, 0.717) is 37.7 Å². The second-order valence-corrected chi connectivity index (χ2v) is 8.93. The fourth-order valence-corrected chi connectivity index (χ4v) is 5.32. The van der Waals surface area contributed by atoms with Crippen LogP contribution in [0.4, 0.5) is 5.00 Å². The first kappa shape index (κ1) is 22.5. The van der Waals surface area contributed by atoms with Crippen molar-refractivity contribution >= 4 is 34.1 Å². The first-order valence-electron chi connectivity index (χ1n) is 10.1. The Morgan fingerprint density at radius 3 is 2.70 bits per heavy atom. The number of nitriles is 1. The Bertz CT molecular complexity index is 1340. The maximum atomic E-state index is 12.5. The van der Waals surface area contributed by atoms with E-state index < -0.39 is 5.97 Å². The van der Waals surface area contributed by atoms with Crippen molar-refractivity contribution in [3.8, 4) is 23.1 Å². The van der Waals surface area contributed by atoms with Crippen LogP contribution in [-0.4, -0.2) is 32.3 Å². The van der Waals surface area contributed by atoms with Crippen molar-refractivity contribution in [2.24, 2.45) is 0 Å². The lowest BCUT2D eigenvalue weighted by Crippen LogP contribution is -2.06. The summed E-state index contributed by atoms with van der Waals surface area (Å²) in [6, 6.07) is 13.8. The molecule has 0 aliphatic rings. The van der Waals surface area contributed by atoms with E-state index in [9.17, 15) is 10.1 Å². The highest BCUT2D eigenvalue weighted by atomic mass is 32.2. The lowest BCUT2D eigenvalue weighted by Gasteiger charge is -2.13. The van der Waals surface area contributed by atoms with Crippen LogP contribution in [0.1, 0.15) is 33.3 Å². The van der Waals surface area contributed by atoms with Gasteiger partial charge in [0.25, 0.3) is 0 Å². The Labute approximate surface area is 199 Å². The van der Waals surface area contributed by atoms with E-state index in [1.54, 1.807) is 19.3 Å². The number of ether oxygens (including phenoxy) is 1. The zero-order chi connectivity index (χ0) is 23.4. The summed E-state index contributed by atoms with van der Waals surface area (Å²) in [6.07, 6.45) is 3.41. The number of aromatic nitrogens is 4. The van der Waals surface area contributed by atoms with Crippen molar-refractivity contribution < 1.29 is 9.53 Å². The molecule has 0 atom stereocenters. The van der Waals surface area contributed by atoms with Crippen molar-refractivity contribution in [1.82, 2.24) is 19.7 Å². The molecular weight excluding hydrogens is 456 g/mol. The van der Waals surface area contributed by atoms with Gasteiger partial charge < -0.3 is 10.5 Å². The maximum Gasteiger partial charge on any atom is 0.348 e. The van der Waals surface area contributed by atoms with Gasteiger partial charge >= 0.3 is 5.97 Å². The highest BCUT2D eigenvalue weighted by Crippen LogP contribution is 2.37. The molecule has 0 spiro atoms. The number of nitrogens with zero attached hydrogens (tertiary/aromatic N) is 5. The number of thiophene rings is 1. The normalized spacial score (nSPS) is 10.7. The summed E-state index contributed by atoms with van der Waals surface area (Å²) in [4.78, 5) is 16.9. The minimum absolute atomic E-state index is 0.238. The second-order valence-electron chi connectivity index (χ2n) is 6.93. The van der Waals surface area contributed by atoms with Gasteiger partial charge in [0.2, 0.25) is 0 Å². The van der Waals surface area contributed by atoms with Crippen LogP contribution in [0.25, 0.3) is 17.1 Å². The molecule has 8 nitrogen and oxygen atoms in total. The van der Waals surface area contributed by atoms with Crippen molar-refractivity contribution in [3.05, 3.63) is 70.4 Å². The van der Waals surface area contributed by atoms with E-state index in [1.807, 2.05) is 47.9 Å². The number of nitrogens with two attached hydrogens (primary N) is 1. The molecule has 10 heteroatoms. The molecule has 0 bridgehead atoms. The minimum Gasteiger partial charge on any atom is -0.462 e. The van der Waals surface area contributed by atoms with Crippen LogP contribution in [0.3, 0.4) is 0 Å². The Balaban J connectivity index is 1.77. The zero-order valence-corrected chi connectivity index (χ0v) is 19.6. The lowest BCUT2D eigenvalue weighted by molar-refractivity contribution is 0.0531. The topological polar surface area (TPSA) is 120 Å². The maximum absolute atomic E-state index is 12.5. The van der Waals surface area contributed by atoms with Crippen LogP contribution in [0.2, 0.25) is 0 Å². The van der Waals surface area contributed by atoms with Crippen molar-refractivity contribution in [3.63, 3.8) is 0 Å². The van der Waals surface area contributed by atoms with Gasteiger partial charge in [-0.25, -0.2) is 4.79 Å². The molecule has 3 aromatic heterocycles. The average molecular weight is 477 g/mol. The van der Waals surface area contributed by atoms with E-state index >= 15 is 0 Å². The second kappa shape index (κ2) is 9.85. The fraction of sp³-hybridized carbons (Fsp3) is 0.174.